The third-order valence-electron chi connectivity index (χ3n) is 3.02. The van der Waals surface area contributed by atoms with Gasteiger partial charge in [-0.15, -0.1) is 0 Å². The van der Waals surface area contributed by atoms with E-state index in [1.807, 2.05) is 5.32 Å². The van der Waals surface area contributed by atoms with Crippen molar-refractivity contribution in [3.63, 3.8) is 0 Å². The number of imide groups is 1. The van der Waals surface area contributed by atoms with Gasteiger partial charge in [0.2, 0.25) is 0 Å². The van der Waals surface area contributed by atoms with Crippen molar-refractivity contribution in [1.82, 2.24) is 5.32 Å². The number of nitro groups is 1. The molecule has 0 saturated carbocycles. The minimum atomic E-state index is -2.99. The normalized spacial score (nSPS) is 10.3. The van der Waals surface area contributed by atoms with Crippen molar-refractivity contribution in [2.24, 2.45) is 0 Å². The molecule has 2 aromatic rings. The molecule has 2 amide bonds. The van der Waals surface area contributed by atoms with Crippen LogP contribution in [0.15, 0.2) is 48.5 Å². The Hall–Kier alpha value is -3.56. The topological polar surface area (TPSA) is 108 Å². The van der Waals surface area contributed by atoms with E-state index in [0.29, 0.717) is 0 Å². The molecule has 0 aliphatic rings. The first-order valence-corrected chi connectivity index (χ1v) is 7.12. The number of benzene rings is 2. The smallest absolute Gasteiger partial charge is 0.387 e. The summed E-state index contributed by atoms with van der Waals surface area (Å²) in [5, 5.41) is 12.9. The van der Waals surface area contributed by atoms with Crippen molar-refractivity contribution in [1.29, 1.82) is 0 Å². The molecule has 0 spiro atoms. The standard InChI is InChI=1S/C16H12F2N2O6/c17-16(18)26-11-7-5-10(6-8-11)15(22)19-14(21)9-25-13-4-2-1-3-12(13)20(23)24/h1-8,16H,9H2,(H,19,21,22). The molecule has 10 heteroatoms. The molecule has 0 saturated heterocycles. The van der Waals surface area contributed by atoms with E-state index in [1.165, 1.54) is 36.4 Å². The molecule has 0 fully saturated rings. The third-order valence-corrected chi connectivity index (χ3v) is 3.02. The quantitative estimate of drug-likeness (QED) is 0.596. The molecule has 0 atom stereocenters. The summed E-state index contributed by atoms with van der Waals surface area (Å²) >= 11 is 0. The zero-order chi connectivity index (χ0) is 19.1. The molecule has 0 bridgehead atoms. The average Bonchev–Trinajstić information content (AvgIpc) is 2.60. The number of ether oxygens (including phenoxy) is 2. The van der Waals surface area contributed by atoms with Gasteiger partial charge in [0.1, 0.15) is 5.75 Å². The predicted octanol–water partition coefficient (Wildman–Crippen LogP) is 2.53. The fraction of sp³-hybridized carbons (Fsp3) is 0.125. The van der Waals surface area contributed by atoms with E-state index in [2.05, 4.69) is 4.74 Å². The number of nitrogens with zero attached hydrogens (tertiary/aromatic N) is 1. The largest absolute Gasteiger partial charge is 0.477 e. The second kappa shape index (κ2) is 8.51. The molecule has 0 aromatic heterocycles. The number of carbonyl (C=O) groups excluding carboxylic acids is 2. The summed E-state index contributed by atoms with van der Waals surface area (Å²) in [5.74, 6) is -1.87. The highest BCUT2D eigenvalue weighted by atomic mass is 19.3. The van der Waals surface area contributed by atoms with Gasteiger partial charge in [-0.1, -0.05) is 12.1 Å². The van der Waals surface area contributed by atoms with E-state index in [-0.39, 0.29) is 22.7 Å². The molecule has 2 rings (SSSR count). The van der Waals surface area contributed by atoms with Crippen molar-refractivity contribution in [3.8, 4) is 11.5 Å². The van der Waals surface area contributed by atoms with Crippen LogP contribution in [-0.4, -0.2) is 30.0 Å². The Bertz CT molecular complexity index is 811. The van der Waals surface area contributed by atoms with Crippen LogP contribution in [0.1, 0.15) is 10.4 Å². The second-order valence-corrected chi connectivity index (χ2v) is 4.79. The third kappa shape index (κ3) is 5.23. The van der Waals surface area contributed by atoms with Crippen LogP contribution >= 0.6 is 0 Å². The summed E-state index contributed by atoms with van der Waals surface area (Å²) in [6, 6.07) is 10.2. The van der Waals surface area contributed by atoms with E-state index in [0.717, 1.165) is 12.1 Å². The van der Waals surface area contributed by atoms with E-state index in [9.17, 15) is 28.5 Å². The van der Waals surface area contributed by atoms with E-state index in [4.69, 9.17) is 4.74 Å². The number of hydrogen-bond acceptors (Lipinski definition) is 6. The lowest BCUT2D eigenvalue weighted by molar-refractivity contribution is -0.385. The van der Waals surface area contributed by atoms with Crippen LogP contribution in [0.2, 0.25) is 0 Å². The highest BCUT2D eigenvalue weighted by Crippen LogP contribution is 2.25. The van der Waals surface area contributed by atoms with Gasteiger partial charge in [-0.3, -0.25) is 25.0 Å². The van der Waals surface area contributed by atoms with Gasteiger partial charge in [0.25, 0.3) is 11.8 Å². The van der Waals surface area contributed by atoms with Crippen molar-refractivity contribution >= 4 is 17.5 Å². The molecule has 26 heavy (non-hydrogen) atoms. The number of carbonyl (C=O) groups is 2. The summed E-state index contributed by atoms with van der Waals surface area (Å²) in [6.45, 7) is -3.61. The lowest BCUT2D eigenvalue weighted by Gasteiger charge is -2.08. The highest BCUT2D eigenvalue weighted by Gasteiger charge is 2.16. The maximum absolute atomic E-state index is 12.1. The molecule has 136 valence electrons. The fourth-order valence-electron chi connectivity index (χ4n) is 1.90. The summed E-state index contributed by atoms with van der Waals surface area (Å²) in [6.07, 6.45) is 0. The number of alkyl halides is 2. The molecule has 1 N–H and O–H groups in total. The van der Waals surface area contributed by atoms with Crippen molar-refractivity contribution in [2.45, 2.75) is 6.61 Å². The maximum Gasteiger partial charge on any atom is 0.387 e. The Morgan fingerprint density at radius 3 is 2.38 bits per heavy atom. The lowest BCUT2D eigenvalue weighted by atomic mass is 10.2. The molecule has 0 unspecified atom stereocenters. The summed E-state index contributed by atoms with van der Waals surface area (Å²) in [5.41, 5.74) is -0.285. The van der Waals surface area contributed by atoms with Crippen molar-refractivity contribution in [2.75, 3.05) is 6.61 Å². The molecular formula is C16H12F2N2O6. The Morgan fingerprint density at radius 1 is 1.12 bits per heavy atom. The minimum Gasteiger partial charge on any atom is -0.477 e. The minimum absolute atomic E-state index is 0.0330. The second-order valence-electron chi connectivity index (χ2n) is 4.79. The first kappa shape index (κ1) is 18.8. The Balaban J connectivity index is 1.91. The van der Waals surface area contributed by atoms with Crippen molar-refractivity contribution < 1.29 is 32.8 Å². The van der Waals surface area contributed by atoms with Gasteiger partial charge in [-0.25, -0.2) is 0 Å². The Morgan fingerprint density at radius 2 is 1.77 bits per heavy atom. The molecule has 2 aromatic carbocycles. The van der Waals surface area contributed by atoms with Crippen LogP contribution in [0.4, 0.5) is 14.5 Å². The predicted molar refractivity (Wildman–Crippen MR) is 84.1 cm³/mol. The molecule has 8 nitrogen and oxygen atoms in total. The van der Waals surface area contributed by atoms with E-state index >= 15 is 0 Å². The maximum atomic E-state index is 12.1. The summed E-state index contributed by atoms with van der Waals surface area (Å²) in [7, 11) is 0. The number of halogens is 2. The van der Waals surface area contributed by atoms with E-state index < -0.39 is 30.0 Å². The van der Waals surface area contributed by atoms with Crippen LogP contribution in [0.3, 0.4) is 0 Å². The van der Waals surface area contributed by atoms with Gasteiger partial charge in [0, 0.05) is 11.6 Å². The number of hydrogen-bond donors (Lipinski definition) is 1. The summed E-state index contributed by atoms with van der Waals surface area (Å²) < 4.78 is 33.3. The Kier molecular flexibility index (Phi) is 6.15. The first-order chi connectivity index (χ1) is 12.4. The highest BCUT2D eigenvalue weighted by molar-refractivity contribution is 6.05. The van der Waals surface area contributed by atoms with Gasteiger partial charge >= 0.3 is 12.3 Å². The van der Waals surface area contributed by atoms with Gasteiger partial charge in [-0.2, -0.15) is 8.78 Å². The molecule has 0 aliphatic carbocycles. The average molecular weight is 366 g/mol. The number of para-hydroxylation sites is 2. The lowest BCUT2D eigenvalue weighted by Crippen LogP contribution is -2.34. The van der Waals surface area contributed by atoms with Crippen LogP contribution in [0, 0.1) is 10.1 Å². The van der Waals surface area contributed by atoms with Crippen molar-refractivity contribution in [3.05, 3.63) is 64.2 Å². The summed E-state index contributed by atoms with van der Waals surface area (Å²) in [4.78, 5) is 33.8. The van der Waals surface area contributed by atoms with Gasteiger partial charge in [0.05, 0.1) is 4.92 Å². The van der Waals surface area contributed by atoms with Crippen LogP contribution in [0.25, 0.3) is 0 Å². The fourth-order valence-corrected chi connectivity index (χ4v) is 1.90. The Labute approximate surface area is 145 Å². The first-order valence-electron chi connectivity index (χ1n) is 7.12. The number of nitrogens with one attached hydrogen (secondary N) is 1. The zero-order valence-electron chi connectivity index (χ0n) is 13.1. The number of amides is 2. The van der Waals surface area contributed by atoms with Gasteiger partial charge in [-0.05, 0) is 30.3 Å². The van der Waals surface area contributed by atoms with Crippen LogP contribution in [0.5, 0.6) is 11.5 Å². The van der Waals surface area contributed by atoms with E-state index in [1.54, 1.807) is 0 Å². The number of nitro benzene ring substituents is 1. The zero-order valence-corrected chi connectivity index (χ0v) is 13.1. The SMILES string of the molecule is O=C(COc1ccccc1[N+](=O)[O-])NC(=O)c1ccc(OC(F)F)cc1. The molecular weight excluding hydrogens is 354 g/mol. The monoisotopic (exact) mass is 366 g/mol. The van der Waals surface area contributed by atoms with Gasteiger partial charge < -0.3 is 9.47 Å². The molecule has 0 heterocycles. The van der Waals surface area contributed by atoms with Crippen LogP contribution in [-0.2, 0) is 4.79 Å². The molecule has 0 aliphatic heterocycles. The van der Waals surface area contributed by atoms with Gasteiger partial charge in [0.15, 0.2) is 12.4 Å². The van der Waals surface area contributed by atoms with Crippen LogP contribution < -0.4 is 14.8 Å². The molecule has 0 radical (unpaired) electrons. The number of rotatable bonds is 7.